The number of carbonyl (C=O) groups is 2. The molecule has 2 aromatic rings. The van der Waals surface area contributed by atoms with Crippen molar-refractivity contribution in [2.45, 2.75) is 26.7 Å². The zero-order chi connectivity index (χ0) is 17.8. The summed E-state index contributed by atoms with van der Waals surface area (Å²) < 4.78 is 0. The third-order valence-corrected chi connectivity index (χ3v) is 4.45. The normalized spacial score (nSPS) is 17.2. The Morgan fingerprint density at radius 3 is 2.56 bits per heavy atom. The van der Waals surface area contributed by atoms with Crippen LogP contribution in [0.3, 0.4) is 0 Å². The van der Waals surface area contributed by atoms with Crippen LogP contribution < -0.4 is 5.32 Å². The summed E-state index contributed by atoms with van der Waals surface area (Å²) in [4.78, 5) is 31.2. The molecule has 130 valence electrons. The van der Waals surface area contributed by atoms with E-state index in [0.29, 0.717) is 17.3 Å². The Balaban J connectivity index is 1.73. The van der Waals surface area contributed by atoms with E-state index in [-0.39, 0.29) is 17.5 Å². The minimum atomic E-state index is -0.314. The molecule has 1 fully saturated rings. The molecule has 1 aromatic carbocycles. The third kappa shape index (κ3) is 4.24. The van der Waals surface area contributed by atoms with Crippen molar-refractivity contribution in [3.63, 3.8) is 0 Å². The molecule has 0 bridgehead atoms. The Kier molecular flexibility index (Phi) is 5.12. The predicted octanol–water partition coefficient (Wildman–Crippen LogP) is 3.51. The lowest BCUT2D eigenvalue weighted by molar-refractivity contribution is 0.0677. The van der Waals surface area contributed by atoms with Crippen molar-refractivity contribution in [2.24, 2.45) is 5.92 Å². The minimum absolute atomic E-state index is 0.100. The van der Waals surface area contributed by atoms with Crippen LogP contribution in [0.2, 0.25) is 0 Å². The molecule has 3 rings (SSSR count). The number of carbonyl (C=O) groups excluding carboxylic acids is 2. The van der Waals surface area contributed by atoms with Crippen LogP contribution in [0.25, 0.3) is 0 Å². The Hall–Kier alpha value is -2.69. The van der Waals surface area contributed by atoms with Gasteiger partial charge in [-0.15, -0.1) is 0 Å². The van der Waals surface area contributed by atoms with E-state index in [0.717, 1.165) is 31.5 Å². The van der Waals surface area contributed by atoms with Gasteiger partial charge in [0.15, 0.2) is 0 Å². The highest BCUT2D eigenvalue weighted by atomic mass is 16.2. The van der Waals surface area contributed by atoms with Crippen LogP contribution in [-0.2, 0) is 0 Å². The molecule has 1 aliphatic heterocycles. The van der Waals surface area contributed by atoms with Gasteiger partial charge in [-0.05, 0) is 49.9 Å². The van der Waals surface area contributed by atoms with Gasteiger partial charge in [-0.2, -0.15) is 0 Å². The monoisotopic (exact) mass is 337 g/mol. The third-order valence-electron chi connectivity index (χ3n) is 4.45. The van der Waals surface area contributed by atoms with Crippen LogP contribution in [0.15, 0.2) is 42.5 Å². The summed E-state index contributed by atoms with van der Waals surface area (Å²) in [5, 5.41) is 2.81. The largest absolute Gasteiger partial charge is 0.337 e. The standard InChI is InChI=1S/C20H23N3O2/c1-14-8-10-16(11-9-14)21-19(24)17-6-3-7-18(22-17)20(25)23-12-4-5-15(2)13-23/h3,6-11,15H,4-5,12-13H2,1-2H3,(H,21,24). The van der Waals surface area contributed by atoms with E-state index in [1.165, 1.54) is 0 Å². The number of nitrogens with zero attached hydrogens (tertiary/aromatic N) is 2. The quantitative estimate of drug-likeness (QED) is 0.932. The number of likely N-dealkylation sites (tertiary alicyclic amines) is 1. The van der Waals surface area contributed by atoms with Gasteiger partial charge < -0.3 is 10.2 Å². The van der Waals surface area contributed by atoms with Crippen molar-refractivity contribution >= 4 is 17.5 Å². The summed E-state index contributed by atoms with van der Waals surface area (Å²) in [5.41, 5.74) is 2.40. The average Bonchev–Trinajstić information content (AvgIpc) is 2.63. The molecular formula is C20H23N3O2. The summed E-state index contributed by atoms with van der Waals surface area (Å²) in [6.45, 7) is 5.65. The Morgan fingerprint density at radius 2 is 1.84 bits per heavy atom. The summed E-state index contributed by atoms with van der Waals surface area (Å²) in [6.07, 6.45) is 2.16. The van der Waals surface area contributed by atoms with Crippen LogP contribution >= 0.6 is 0 Å². The lowest BCUT2D eigenvalue weighted by Gasteiger charge is -2.30. The molecule has 1 N–H and O–H groups in total. The average molecular weight is 337 g/mol. The molecule has 1 aliphatic rings. The molecule has 0 spiro atoms. The van der Waals surface area contributed by atoms with Gasteiger partial charge >= 0.3 is 0 Å². The number of aromatic nitrogens is 1. The molecule has 0 radical (unpaired) electrons. The number of anilines is 1. The highest BCUT2D eigenvalue weighted by molar-refractivity contribution is 6.03. The summed E-state index contributed by atoms with van der Waals surface area (Å²) in [6, 6.07) is 12.6. The van der Waals surface area contributed by atoms with Crippen LogP contribution in [0.1, 0.15) is 46.3 Å². The predicted molar refractivity (Wildman–Crippen MR) is 97.7 cm³/mol. The van der Waals surface area contributed by atoms with Gasteiger partial charge in [-0.1, -0.05) is 30.7 Å². The molecule has 1 unspecified atom stereocenters. The number of nitrogens with one attached hydrogen (secondary N) is 1. The Labute approximate surface area is 148 Å². The van der Waals surface area contributed by atoms with E-state index in [1.807, 2.05) is 36.1 Å². The molecule has 1 saturated heterocycles. The minimum Gasteiger partial charge on any atom is -0.337 e. The second kappa shape index (κ2) is 7.47. The van der Waals surface area contributed by atoms with Crippen LogP contribution in [0, 0.1) is 12.8 Å². The van der Waals surface area contributed by atoms with Crippen molar-refractivity contribution in [2.75, 3.05) is 18.4 Å². The molecular weight excluding hydrogens is 314 g/mol. The van der Waals surface area contributed by atoms with E-state index >= 15 is 0 Å². The second-order valence-corrected chi connectivity index (χ2v) is 6.73. The van der Waals surface area contributed by atoms with Gasteiger partial charge in [0.05, 0.1) is 0 Å². The molecule has 0 aliphatic carbocycles. The molecule has 1 aromatic heterocycles. The smallest absolute Gasteiger partial charge is 0.274 e. The second-order valence-electron chi connectivity index (χ2n) is 6.73. The van der Waals surface area contributed by atoms with Gasteiger partial charge in [0.1, 0.15) is 11.4 Å². The first-order valence-electron chi connectivity index (χ1n) is 8.67. The first-order valence-corrected chi connectivity index (χ1v) is 8.67. The molecule has 0 saturated carbocycles. The zero-order valence-corrected chi connectivity index (χ0v) is 14.7. The fourth-order valence-corrected chi connectivity index (χ4v) is 3.05. The lowest BCUT2D eigenvalue weighted by Crippen LogP contribution is -2.39. The highest BCUT2D eigenvalue weighted by Gasteiger charge is 2.23. The van der Waals surface area contributed by atoms with Crippen molar-refractivity contribution in [3.05, 3.63) is 59.4 Å². The number of aryl methyl sites for hydroxylation is 1. The van der Waals surface area contributed by atoms with E-state index in [9.17, 15) is 9.59 Å². The number of rotatable bonds is 3. The molecule has 2 heterocycles. The maximum absolute atomic E-state index is 12.6. The van der Waals surface area contributed by atoms with E-state index in [2.05, 4.69) is 17.2 Å². The topological polar surface area (TPSA) is 62.3 Å². The van der Waals surface area contributed by atoms with Crippen LogP contribution in [0.4, 0.5) is 5.69 Å². The van der Waals surface area contributed by atoms with Crippen molar-refractivity contribution in [1.29, 1.82) is 0 Å². The fourth-order valence-electron chi connectivity index (χ4n) is 3.05. The highest BCUT2D eigenvalue weighted by Crippen LogP contribution is 2.17. The molecule has 2 amide bonds. The van der Waals surface area contributed by atoms with Gasteiger partial charge in [0.25, 0.3) is 11.8 Å². The Morgan fingerprint density at radius 1 is 1.12 bits per heavy atom. The van der Waals surface area contributed by atoms with Gasteiger partial charge in [-0.25, -0.2) is 4.98 Å². The van der Waals surface area contributed by atoms with Gasteiger partial charge in [0, 0.05) is 18.8 Å². The fraction of sp³-hybridized carbons (Fsp3) is 0.350. The Bertz CT molecular complexity index is 771. The molecule has 25 heavy (non-hydrogen) atoms. The number of hydrogen-bond acceptors (Lipinski definition) is 3. The SMILES string of the molecule is Cc1ccc(NC(=O)c2cccc(C(=O)N3CCCC(C)C3)n2)cc1. The molecule has 5 heteroatoms. The van der Waals surface area contributed by atoms with Crippen molar-refractivity contribution < 1.29 is 9.59 Å². The number of benzene rings is 1. The van der Waals surface area contributed by atoms with Crippen molar-refractivity contribution in [3.8, 4) is 0 Å². The van der Waals surface area contributed by atoms with Crippen LogP contribution in [-0.4, -0.2) is 34.8 Å². The number of hydrogen-bond donors (Lipinski definition) is 1. The number of piperidine rings is 1. The lowest BCUT2D eigenvalue weighted by atomic mass is 10.00. The van der Waals surface area contributed by atoms with Crippen molar-refractivity contribution in [1.82, 2.24) is 9.88 Å². The maximum Gasteiger partial charge on any atom is 0.274 e. The summed E-state index contributed by atoms with van der Waals surface area (Å²) >= 11 is 0. The molecule has 1 atom stereocenters. The first-order chi connectivity index (χ1) is 12.0. The maximum atomic E-state index is 12.6. The van der Waals surface area contributed by atoms with Gasteiger partial charge in [-0.3, -0.25) is 9.59 Å². The summed E-state index contributed by atoms with van der Waals surface area (Å²) in [7, 11) is 0. The molecule has 5 nitrogen and oxygen atoms in total. The number of pyridine rings is 1. The number of amides is 2. The van der Waals surface area contributed by atoms with E-state index in [1.54, 1.807) is 18.2 Å². The van der Waals surface area contributed by atoms with Crippen LogP contribution in [0.5, 0.6) is 0 Å². The summed E-state index contributed by atoms with van der Waals surface area (Å²) in [5.74, 6) is 0.0905. The van der Waals surface area contributed by atoms with E-state index in [4.69, 9.17) is 0 Å². The van der Waals surface area contributed by atoms with Gasteiger partial charge in [0.2, 0.25) is 0 Å². The first kappa shape index (κ1) is 17.1. The van der Waals surface area contributed by atoms with E-state index < -0.39 is 0 Å². The zero-order valence-electron chi connectivity index (χ0n) is 14.7.